The van der Waals surface area contributed by atoms with Crippen molar-refractivity contribution in [1.29, 1.82) is 0 Å². The van der Waals surface area contributed by atoms with E-state index in [0.717, 1.165) is 19.3 Å². The zero-order valence-corrected chi connectivity index (χ0v) is 15.8. The van der Waals surface area contributed by atoms with Crippen molar-refractivity contribution in [3.05, 3.63) is 52.2 Å². The number of thiophene rings is 1. The summed E-state index contributed by atoms with van der Waals surface area (Å²) in [5.74, 6) is -0.180. The van der Waals surface area contributed by atoms with Gasteiger partial charge in [-0.1, -0.05) is 6.07 Å². The van der Waals surface area contributed by atoms with Gasteiger partial charge in [0.1, 0.15) is 0 Å². The van der Waals surface area contributed by atoms with Crippen LogP contribution in [0.25, 0.3) is 0 Å². The van der Waals surface area contributed by atoms with Gasteiger partial charge >= 0.3 is 0 Å². The number of carbonyl (C=O) groups is 1. The standard InChI is InChI=1S/C18H22N2O3S2/c1-25(22,23)15-8-6-14(7-9-15)18(21)19-13-16(17-5-4-12-24-17)20-10-2-3-11-20/h4-9,12,16H,2-3,10-11,13H2,1H3,(H,19,21). The van der Waals surface area contributed by atoms with E-state index >= 15 is 0 Å². The van der Waals surface area contributed by atoms with Crippen LogP contribution in [0.2, 0.25) is 0 Å². The Balaban J connectivity index is 1.67. The first-order valence-corrected chi connectivity index (χ1v) is 11.1. The number of hydrogen-bond donors (Lipinski definition) is 1. The highest BCUT2D eigenvalue weighted by molar-refractivity contribution is 7.90. The summed E-state index contributed by atoms with van der Waals surface area (Å²) in [6, 6.07) is 10.4. The first-order valence-electron chi connectivity index (χ1n) is 8.31. The van der Waals surface area contributed by atoms with Crippen LogP contribution in [0.3, 0.4) is 0 Å². The molecule has 0 bridgehead atoms. The molecule has 1 unspecified atom stereocenters. The fraction of sp³-hybridized carbons (Fsp3) is 0.389. The van der Waals surface area contributed by atoms with E-state index in [1.807, 2.05) is 6.07 Å². The zero-order chi connectivity index (χ0) is 17.9. The van der Waals surface area contributed by atoms with Gasteiger partial charge in [0.2, 0.25) is 0 Å². The van der Waals surface area contributed by atoms with Gasteiger partial charge in [-0.25, -0.2) is 8.42 Å². The van der Waals surface area contributed by atoms with Crippen LogP contribution < -0.4 is 5.32 Å². The molecule has 0 spiro atoms. The first-order chi connectivity index (χ1) is 11.9. The number of rotatable bonds is 6. The van der Waals surface area contributed by atoms with Crippen molar-refractivity contribution < 1.29 is 13.2 Å². The zero-order valence-electron chi connectivity index (χ0n) is 14.1. The second-order valence-electron chi connectivity index (χ2n) is 6.28. The highest BCUT2D eigenvalue weighted by atomic mass is 32.2. The summed E-state index contributed by atoms with van der Waals surface area (Å²) in [5.41, 5.74) is 0.471. The Bertz CT molecular complexity index is 809. The van der Waals surface area contributed by atoms with Gasteiger partial charge in [0.25, 0.3) is 5.91 Å². The van der Waals surface area contributed by atoms with Crippen molar-refractivity contribution in [3.63, 3.8) is 0 Å². The Kier molecular flexibility index (Phi) is 5.56. The van der Waals surface area contributed by atoms with E-state index < -0.39 is 9.84 Å². The molecule has 0 radical (unpaired) electrons. The summed E-state index contributed by atoms with van der Waals surface area (Å²) < 4.78 is 23.0. The predicted molar refractivity (Wildman–Crippen MR) is 99.8 cm³/mol. The van der Waals surface area contributed by atoms with E-state index in [9.17, 15) is 13.2 Å². The van der Waals surface area contributed by atoms with Gasteiger partial charge in [0, 0.05) is 23.2 Å². The van der Waals surface area contributed by atoms with E-state index in [2.05, 4.69) is 21.7 Å². The maximum absolute atomic E-state index is 12.4. The molecule has 3 rings (SSSR count). The minimum atomic E-state index is -3.25. The molecule has 1 fully saturated rings. The number of benzene rings is 1. The van der Waals surface area contributed by atoms with E-state index in [1.165, 1.54) is 29.9 Å². The van der Waals surface area contributed by atoms with Gasteiger partial charge in [-0.15, -0.1) is 11.3 Å². The molecule has 2 heterocycles. The topological polar surface area (TPSA) is 66.5 Å². The summed E-state index contributed by atoms with van der Waals surface area (Å²) in [5, 5.41) is 5.06. The third kappa shape index (κ3) is 4.48. The van der Waals surface area contributed by atoms with Crippen molar-refractivity contribution in [1.82, 2.24) is 10.2 Å². The molecule has 134 valence electrons. The molecule has 1 amide bonds. The molecule has 1 atom stereocenters. The van der Waals surface area contributed by atoms with Crippen LogP contribution >= 0.6 is 11.3 Å². The molecule has 1 aliphatic rings. The normalized spacial score (nSPS) is 16.7. The highest BCUT2D eigenvalue weighted by Gasteiger charge is 2.24. The van der Waals surface area contributed by atoms with Gasteiger partial charge < -0.3 is 5.32 Å². The first kappa shape index (κ1) is 18.1. The molecule has 1 aromatic carbocycles. The number of likely N-dealkylation sites (tertiary alicyclic amines) is 1. The van der Waals surface area contributed by atoms with Crippen LogP contribution in [-0.2, 0) is 9.84 Å². The lowest BCUT2D eigenvalue weighted by atomic mass is 10.2. The van der Waals surface area contributed by atoms with Gasteiger partial charge in [-0.3, -0.25) is 9.69 Å². The fourth-order valence-corrected chi connectivity index (χ4v) is 4.58. The van der Waals surface area contributed by atoms with Crippen molar-refractivity contribution in [2.24, 2.45) is 0 Å². The second kappa shape index (κ2) is 7.68. The van der Waals surface area contributed by atoms with Gasteiger partial charge in [-0.2, -0.15) is 0 Å². The summed E-state index contributed by atoms with van der Waals surface area (Å²) in [7, 11) is -3.25. The third-order valence-corrected chi connectivity index (χ3v) is 6.56. The summed E-state index contributed by atoms with van der Waals surface area (Å²) >= 11 is 1.71. The fourth-order valence-electron chi connectivity index (χ4n) is 3.09. The summed E-state index contributed by atoms with van der Waals surface area (Å²) in [6.07, 6.45) is 3.55. The van der Waals surface area contributed by atoms with E-state index in [-0.39, 0.29) is 16.8 Å². The number of sulfone groups is 1. The number of hydrogen-bond acceptors (Lipinski definition) is 5. The molecule has 1 aromatic heterocycles. The van der Waals surface area contributed by atoms with Crippen LogP contribution in [0, 0.1) is 0 Å². The molecule has 0 saturated carbocycles. The predicted octanol–water partition coefficient (Wildman–Crippen LogP) is 2.72. The average molecular weight is 379 g/mol. The molecule has 7 heteroatoms. The van der Waals surface area contributed by atoms with Crippen LogP contribution in [0.15, 0.2) is 46.7 Å². The minimum absolute atomic E-state index is 0.180. The van der Waals surface area contributed by atoms with Crippen molar-refractivity contribution in [3.8, 4) is 0 Å². The van der Waals surface area contributed by atoms with Crippen LogP contribution in [0.5, 0.6) is 0 Å². The van der Waals surface area contributed by atoms with E-state index in [4.69, 9.17) is 0 Å². The molecule has 1 N–H and O–H groups in total. The second-order valence-corrected chi connectivity index (χ2v) is 9.28. The minimum Gasteiger partial charge on any atom is -0.350 e. The quantitative estimate of drug-likeness (QED) is 0.839. The maximum atomic E-state index is 12.4. The maximum Gasteiger partial charge on any atom is 0.251 e. The van der Waals surface area contributed by atoms with Gasteiger partial charge in [0.05, 0.1) is 10.9 Å². The Hall–Kier alpha value is -1.70. The number of nitrogens with one attached hydrogen (secondary N) is 1. The van der Waals surface area contributed by atoms with Crippen molar-refractivity contribution in [2.75, 3.05) is 25.9 Å². The highest BCUT2D eigenvalue weighted by Crippen LogP contribution is 2.27. The monoisotopic (exact) mass is 378 g/mol. The van der Waals surface area contributed by atoms with Gasteiger partial charge in [0.15, 0.2) is 9.84 Å². The average Bonchev–Trinajstić information content (AvgIpc) is 3.28. The number of carbonyl (C=O) groups excluding carboxylic acids is 1. The molecular formula is C18H22N2O3S2. The number of amides is 1. The summed E-state index contributed by atoms with van der Waals surface area (Å²) in [4.78, 5) is 16.3. The smallest absolute Gasteiger partial charge is 0.251 e. The lowest BCUT2D eigenvalue weighted by Crippen LogP contribution is -2.36. The molecule has 25 heavy (non-hydrogen) atoms. The Morgan fingerprint density at radius 2 is 1.88 bits per heavy atom. The molecule has 0 aliphatic carbocycles. The van der Waals surface area contributed by atoms with Crippen LogP contribution in [-0.4, -0.2) is 45.1 Å². The Morgan fingerprint density at radius 1 is 1.20 bits per heavy atom. The summed E-state index contributed by atoms with van der Waals surface area (Å²) in [6.45, 7) is 2.66. The molecule has 2 aromatic rings. The Labute approximate surface area is 152 Å². The molecule has 5 nitrogen and oxygen atoms in total. The molecule has 1 saturated heterocycles. The van der Waals surface area contributed by atoms with Crippen molar-refractivity contribution in [2.45, 2.75) is 23.8 Å². The van der Waals surface area contributed by atoms with Crippen LogP contribution in [0.1, 0.15) is 34.1 Å². The van der Waals surface area contributed by atoms with E-state index in [1.54, 1.807) is 23.5 Å². The third-order valence-electron chi connectivity index (χ3n) is 4.45. The lowest BCUT2D eigenvalue weighted by Gasteiger charge is -2.26. The van der Waals surface area contributed by atoms with E-state index in [0.29, 0.717) is 12.1 Å². The van der Waals surface area contributed by atoms with Crippen LogP contribution in [0.4, 0.5) is 0 Å². The largest absolute Gasteiger partial charge is 0.350 e. The number of nitrogens with zero attached hydrogens (tertiary/aromatic N) is 1. The molecule has 1 aliphatic heterocycles. The van der Waals surface area contributed by atoms with Gasteiger partial charge in [-0.05, 0) is 61.6 Å². The van der Waals surface area contributed by atoms with Crippen molar-refractivity contribution >= 4 is 27.1 Å². The molecular weight excluding hydrogens is 356 g/mol. The Morgan fingerprint density at radius 3 is 2.44 bits per heavy atom. The lowest BCUT2D eigenvalue weighted by molar-refractivity contribution is 0.0938. The SMILES string of the molecule is CS(=O)(=O)c1ccc(C(=O)NCC(c2cccs2)N2CCCC2)cc1.